The predicted octanol–water partition coefficient (Wildman–Crippen LogP) is 5.31. The summed E-state index contributed by atoms with van der Waals surface area (Å²) in [5, 5.41) is 8.55. The predicted molar refractivity (Wildman–Crippen MR) is 165 cm³/mol. The van der Waals surface area contributed by atoms with Crippen molar-refractivity contribution in [1.82, 2.24) is 19.7 Å². The van der Waals surface area contributed by atoms with Crippen molar-refractivity contribution in [3.63, 3.8) is 0 Å². The van der Waals surface area contributed by atoms with Crippen molar-refractivity contribution in [3.8, 4) is 22.8 Å². The second-order valence-electron chi connectivity index (χ2n) is 9.88. The molecule has 2 heterocycles. The van der Waals surface area contributed by atoms with Gasteiger partial charge in [-0.3, -0.25) is 14.7 Å². The van der Waals surface area contributed by atoms with E-state index in [2.05, 4.69) is 25.3 Å². The number of nitrogens with two attached hydrogens (primary N) is 2. The SMILES string of the molecule is CN=C/C=C(\N)CCOc1nn(C2CCCCC2)cc1Nc1ncc(-c2ccc(Cl)c(O[C@@H](C)CN=CN)c2)cn1. The van der Waals surface area contributed by atoms with Crippen molar-refractivity contribution in [3.05, 3.63) is 53.6 Å². The third-order valence-corrected chi connectivity index (χ3v) is 6.99. The summed E-state index contributed by atoms with van der Waals surface area (Å²) in [6.07, 6.45) is 16.4. The van der Waals surface area contributed by atoms with Crippen LogP contribution in [0.25, 0.3) is 11.1 Å². The summed E-state index contributed by atoms with van der Waals surface area (Å²) in [6.45, 7) is 2.72. The minimum Gasteiger partial charge on any atom is -0.487 e. The molecule has 0 unspecified atom stereocenters. The topological polar surface area (TPSA) is 151 Å². The summed E-state index contributed by atoms with van der Waals surface area (Å²) in [5.41, 5.74) is 14.5. The fourth-order valence-electron chi connectivity index (χ4n) is 4.52. The van der Waals surface area contributed by atoms with Crippen molar-refractivity contribution in [1.29, 1.82) is 0 Å². The molecule has 1 aromatic carbocycles. The summed E-state index contributed by atoms with van der Waals surface area (Å²) in [6, 6.07) is 5.90. The Morgan fingerprint density at radius 1 is 1.22 bits per heavy atom. The van der Waals surface area contributed by atoms with E-state index >= 15 is 0 Å². The molecular formula is C29H38ClN9O2. The van der Waals surface area contributed by atoms with E-state index in [1.807, 2.05) is 29.9 Å². The van der Waals surface area contributed by atoms with Crippen molar-refractivity contribution >= 4 is 35.8 Å². The van der Waals surface area contributed by atoms with Gasteiger partial charge in [-0.2, -0.15) is 0 Å². The van der Waals surface area contributed by atoms with E-state index in [0.29, 0.717) is 59.6 Å². The lowest BCUT2D eigenvalue weighted by Crippen LogP contribution is -2.16. The smallest absolute Gasteiger partial charge is 0.256 e. The first kappa shape index (κ1) is 29.9. The molecule has 0 spiro atoms. The van der Waals surface area contributed by atoms with E-state index in [-0.39, 0.29) is 6.10 Å². The standard InChI is InChI=1S/C29H38ClN9O2/c1-20(15-34-19-31)41-27-14-21(8-9-25(27)30)22-16-35-29(36-17-22)37-26-18-39(24-6-4-3-5-7-24)38-28(26)40-13-11-23(32)10-12-33-2/h8-10,12,14,16-20,24H,3-7,11,13,15,32H2,1-2H3,(H2,31,34)(H,35,36,37)/b23-10-,33-12?/t20-/m0/s1. The number of nitrogens with zero attached hydrogens (tertiary/aromatic N) is 6. The number of benzene rings is 1. The quantitative estimate of drug-likeness (QED) is 0.182. The van der Waals surface area contributed by atoms with Crippen LogP contribution in [0, 0.1) is 0 Å². The maximum absolute atomic E-state index is 6.36. The van der Waals surface area contributed by atoms with Gasteiger partial charge in [0.1, 0.15) is 17.5 Å². The van der Waals surface area contributed by atoms with E-state index in [9.17, 15) is 0 Å². The van der Waals surface area contributed by atoms with Gasteiger partial charge in [-0.25, -0.2) is 9.97 Å². The highest BCUT2D eigenvalue weighted by Crippen LogP contribution is 2.34. The van der Waals surface area contributed by atoms with Gasteiger partial charge in [0.25, 0.3) is 5.88 Å². The maximum Gasteiger partial charge on any atom is 0.256 e. The Labute approximate surface area is 245 Å². The lowest BCUT2D eigenvalue weighted by Gasteiger charge is -2.21. The monoisotopic (exact) mass is 579 g/mol. The molecule has 12 heteroatoms. The number of ether oxygens (including phenoxy) is 2. The molecule has 3 aromatic rings. The highest BCUT2D eigenvalue weighted by Gasteiger charge is 2.20. The Morgan fingerprint density at radius 3 is 2.73 bits per heavy atom. The molecule has 5 N–H and O–H groups in total. The van der Waals surface area contributed by atoms with Gasteiger partial charge < -0.3 is 26.3 Å². The van der Waals surface area contributed by atoms with Crippen LogP contribution in [0.5, 0.6) is 11.6 Å². The lowest BCUT2D eigenvalue weighted by atomic mass is 9.96. The molecule has 1 aliphatic rings. The van der Waals surface area contributed by atoms with Crippen LogP contribution < -0.4 is 26.3 Å². The van der Waals surface area contributed by atoms with Crippen molar-refractivity contribution in [2.24, 2.45) is 21.5 Å². The van der Waals surface area contributed by atoms with Crippen molar-refractivity contribution in [2.75, 3.05) is 25.5 Å². The third-order valence-electron chi connectivity index (χ3n) is 6.67. The number of rotatable bonds is 13. The molecule has 0 saturated heterocycles. The maximum atomic E-state index is 6.36. The first-order chi connectivity index (χ1) is 20.0. The molecule has 2 aromatic heterocycles. The Kier molecular flexibility index (Phi) is 10.9. The number of hydrogen-bond acceptors (Lipinski definition) is 9. The second kappa shape index (κ2) is 15.0. The number of aliphatic imine (C=N–C) groups is 2. The Morgan fingerprint density at radius 2 is 2.00 bits per heavy atom. The van der Waals surface area contributed by atoms with Gasteiger partial charge in [0, 0.05) is 43.3 Å². The van der Waals surface area contributed by atoms with Crippen LogP contribution in [0.3, 0.4) is 0 Å². The van der Waals surface area contributed by atoms with Crippen LogP contribution in [0.2, 0.25) is 5.02 Å². The number of hydrogen-bond donors (Lipinski definition) is 3. The summed E-state index contributed by atoms with van der Waals surface area (Å²) < 4.78 is 14.0. The van der Waals surface area contributed by atoms with E-state index in [4.69, 9.17) is 37.6 Å². The van der Waals surface area contributed by atoms with Gasteiger partial charge in [-0.1, -0.05) is 36.9 Å². The molecule has 1 atom stereocenters. The summed E-state index contributed by atoms with van der Waals surface area (Å²) in [5.74, 6) is 1.48. The average molecular weight is 580 g/mol. The molecule has 0 amide bonds. The Balaban J connectivity index is 1.48. The van der Waals surface area contributed by atoms with Crippen LogP contribution >= 0.6 is 11.6 Å². The van der Waals surface area contributed by atoms with Gasteiger partial charge in [-0.15, -0.1) is 5.10 Å². The van der Waals surface area contributed by atoms with Crippen LogP contribution in [0.1, 0.15) is 51.5 Å². The Hall–Kier alpha value is -4.12. The van der Waals surface area contributed by atoms with Crippen LogP contribution in [0.15, 0.2) is 58.5 Å². The normalized spacial score (nSPS) is 15.4. The summed E-state index contributed by atoms with van der Waals surface area (Å²) >= 11 is 6.36. The Bertz CT molecular complexity index is 1350. The molecular weight excluding hydrogens is 542 g/mol. The number of nitrogens with one attached hydrogen (secondary N) is 1. The number of allylic oxidation sites excluding steroid dienone is 1. The molecule has 41 heavy (non-hydrogen) atoms. The number of halogens is 1. The molecule has 1 fully saturated rings. The number of anilines is 2. The fraction of sp³-hybridized carbons (Fsp3) is 0.414. The van der Waals surface area contributed by atoms with Gasteiger partial charge in [-0.05, 0) is 43.5 Å². The van der Waals surface area contributed by atoms with Gasteiger partial charge in [0.2, 0.25) is 5.95 Å². The highest BCUT2D eigenvalue weighted by atomic mass is 35.5. The van der Waals surface area contributed by atoms with E-state index in [0.717, 1.165) is 24.0 Å². The average Bonchev–Trinajstić information content (AvgIpc) is 3.39. The van der Waals surface area contributed by atoms with Crippen LogP contribution in [-0.2, 0) is 0 Å². The zero-order valence-corrected chi connectivity index (χ0v) is 24.3. The van der Waals surface area contributed by atoms with Crippen LogP contribution in [0.4, 0.5) is 11.6 Å². The first-order valence-electron chi connectivity index (χ1n) is 13.8. The first-order valence-corrected chi connectivity index (χ1v) is 14.2. The van der Waals surface area contributed by atoms with E-state index < -0.39 is 0 Å². The minimum absolute atomic E-state index is 0.186. The zero-order chi connectivity index (χ0) is 29.0. The largest absolute Gasteiger partial charge is 0.487 e. The molecule has 1 aliphatic carbocycles. The van der Waals surface area contributed by atoms with E-state index in [1.54, 1.807) is 37.8 Å². The van der Waals surface area contributed by atoms with Crippen molar-refractivity contribution in [2.45, 2.75) is 57.6 Å². The van der Waals surface area contributed by atoms with Gasteiger partial charge in [0.05, 0.1) is 36.8 Å². The lowest BCUT2D eigenvalue weighted by molar-refractivity contribution is 0.231. The molecule has 218 valence electrons. The second-order valence-corrected chi connectivity index (χ2v) is 10.3. The summed E-state index contributed by atoms with van der Waals surface area (Å²) in [4.78, 5) is 17.0. The molecule has 4 rings (SSSR count). The molecule has 11 nitrogen and oxygen atoms in total. The highest BCUT2D eigenvalue weighted by molar-refractivity contribution is 6.32. The molecule has 1 saturated carbocycles. The van der Waals surface area contributed by atoms with Crippen LogP contribution in [-0.4, -0.2) is 58.6 Å². The fourth-order valence-corrected chi connectivity index (χ4v) is 4.68. The van der Waals surface area contributed by atoms with Crippen molar-refractivity contribution < 1.29 is 9.47 Å². The minimum atomic E-state index is -0.186. The molecule has 0 aliphatic heterocycles. The number of aromatic nitrogens is 4. The zero-order valence-electron chi connectivity index (χ0n) is 23.5. The third kappa shape index (κ3) is 8.68. The van der Waals surface area contributed by atoms with Gasteiger partial charge >= 0.3 is 0 Å². The van der Waals surface area contributed by atoms with Gasteiger partial charge in [0.15, 0.2) is 0 Å². The molecule has 0 bridgehead atoms. The summed E-state index contributed by atoms with van der Waals surface area (Å²) in [7, 11) is 1.70. The van der Waals surface area contributed by atoms with E-state index in [1.165, 1.54) is 25.6 Å². The molecule has 0 radical (unpaired) electrons.